The number of nitrogens with one attached hydrogen (secondary N) is 2. The highest BCUT2D eigenvalue weighted by Gasteiger charge is 2.14. The van der Waals surface area contributed by atoms with Gasteiger partial charge in [0, 0.05) is 18.0 Å². The number of nitrogens with zero attached hydrogens (tertiary/aromatic N) is 1. The van der Waals surface area contributed by atoms with Gasteiger partial charge in [-0.25, -0.2) is 9.38 Å². The van der Waals surface area contributed by atoms with E-state index < -0.39 is 18.5 Å². The van der Waals surface area contributed by atoms with Crippen LogP contribution in [0.4, 0.5) is 13.2 Å². The summed E-state index contributed by atoms with van der Waals surface area (Å²) in [7, 11) is 0. The normalized spacial score (nSPS) is 12.9. The fourth-order valence-electron chi connectivity index (χ4n) is 2.20. The lowest BCUT2D eigenvalue weighted by Gasteiger charge is -2.15. The quantitative estimate of drug-likeness (QED) is 0.446. The van der Waals surface area contributed by atoms with Gasteiger partial charge in [-0.15, -0.1) is 11.3 Å². The Morgan fingerprint density at radius 3 is 2.70 bits per heavy atom. The van der Waals surface area contributed by atoms with Crippen LogP contribution >= 0.6 is 22.9 Å². The molecule has 0 aliphatic rings. The van der Waals surface area contributed by atoms with Crippen LogP contribution in [0.2, 0.25) is 4.34 Å². The molecule has 0 saturated heterocycles. The van der Waals surface area contributed by atoms with E-state index in [2.05, 4.69) is 20.4 Å². The number of aliphatic imine (C=N–C) groups is 1. The summed E-state index contributed by atoms with van der Waals surface area (Å²) in [5.74, 6) is -0.663. The molecule has 1 unspecified atom stereocenters. The van der Waals surface area contributed by atoms with Gasteiger partial charge >= 0.3 is 6.61 Å². The molecule has 27 heavy (non-hydrogen) atoms. The lowest BCUT2D eigenvalue weighted by atomic mass is 10.2. The van der Waals surface area contributed by atoms with Crippen molar-refractivity contribution >= 4 is 28.9 Å². The Balaban J connectivity index is 2.07. The van der Waals surface area contributed by atoms with Crippen molar-refractivity contribution in [2.45, 2.75) is 26.2 Å². The fourth-order valence-corrected chi connectivity index (χ4v) is 3.25. The van der Waals surface area contributed by atoms with Crippen LogP contribution in [0.5, 0.6) is 5.75 Å². The summed E-state index contributed by atoms with van der Waals surface area (Å²) in [6.45, 7) is -0.787. The van der Waals surface area contributed by atoms with E-state index >= 15 is 0 Å². The van der Waals surface area contributed by atoms with Gasteiger partial charge in [0.2, 0.25) is 0 Å². The number of benzene rings is 1. The van der Waals surface area contributed by atoms with Crippen molar-refractivity contribution in [2.24, 2.45) is 4.99 Å². The van der Waals surface area contributed by atoms with Gasteiger partial charge in [-0.1, -0.05) is 17.7 Å². The van der Waals surface area contributed by atoms with E-state index in [-0.39, 0.29) is 24.4 Å². The molecule has 1 aromatic carbocycles. The van der Waals surface area contributed by atoms with Crippen molar-refractivity contribution in [3.63, 3.8) is 0 Å². The molecule has 2 rings (SSSR count). The van der Waals surface area contributed by atoms with Gasteiger partial charge in [0.05, 0.1) is 16.4 Å². The predicted octanol–water partition coefficient (Wildman–Crippen LogP) is 3.93. The molecule has 1 heterocycles. The number of aliphatic hydroxyl groups excluding tert-OH is 1. The summed E-state index contributed by atoms with van der Waals surface area (Å²) in [6, 6.07) is 7.09. The van der Waals surface area contributed by atoms with E-state index in [0.717, 1.165) is 6.07 Å². The second-order valence-corrected chi connectivity index (χ2v) is 7.08. The monoisotopic (exact) mass is 421 g/mol. The summed E-state index contributed by atoms with van der Waals surface area (Å²) in [6.07, 6.45) is -0.808. The van der Waals surface area contributed by atoms with Crippen molar-refractivity contribution in [1.29, 1.82) is 0 Å². The fraction of sp³-hybridized carbons (Fsp3) is 0.353. The van der Waals surface area contributed by atoms with Gasteiger partial charge in [0.15, 0.2) is 5.96 Å². The smallest absolute Gasteiger partial charge is 0.387 e. The summed E-state index contributed by atoms with van der Waals surface area (Å²) in [5, 5.41) is 16.0. The molecular formula is C17H19ClF3N3O2S. The number of ether oxygens (including phenoxy) is 1. The van der Waals surface area contributed by atoms with Crippen molar-refractivity contribution < 1.29 is 23.0 Å². The molecule has 2 aromatic rings. The zero-order chi connectivity index (χ0) is 19.8. The first kappa shape index (κ1) is 21.3. The third-order valence-corrected chi connectivity index (χ3v) is 4.75. The minimum absolute atomic E-state index is 0.0828. The first-order valence-corrected chi connectivity index (χ1v) is 9.27. The summed E-state index contributed by atoms with van der Waals surface area (Å²) in [4.78, 5) is 4.86. The number of thiophene rings is 1. The van der Waals surface area contributed by atoms with Gasteiger partial charge in [-0.05, 0) is 31.2 Å². The number of aliphatic hydroxyl groups is 1. The molecule has 5 nitrogen and oxygen atoms in total. The molecule has 0 fully saturated rings. The van der Waals surface area contributed by atoms with Crippen LogP contribution in [0.3, 0.4) is 0 Å². The molecule has 10 heteroatoms. The van der Waals surface area contributed by atoms with Crippen LogP contribution in [0.25, 0.3) is 0 Å². The van der Waals surface area contributed by atoms with Crippen molar-refractivity contribution in [1.82, 2.24) is 10.6 Å². The third kappa shape index (κ3) is 6.60. The summed E-state index contributed by atoms with van der Waals surface area (Å²) in [5.41, 5.74) is -0.0828. The highest BCUT2D eigenvalue weighted by atomic mass is 35.5. The highest BCUT2D eigenvalue weighted by Crippen LogP contribution is 2.26. The Morgan fingerprint density at radius 2 is 2.07 bits per heavy atom. The molecule has 1 atom stereocenters. The Morgan fingerprint density at radius 1 is 1.30 bits per heavy atom. The van der Waals surface area contributed by atoms with E-state index in [1.54, 1.807) is 12.1 Å². The largest absolute Gasteiger partial charge is 0.434 e. The second-order valence-electron chi connectivity index (χ2n) is 5.33. The highest BCUT2D eigenvalue weighted by molar-refractivity contribution is 7.16. The molecule has 3 N–H and O–H groups in total. The Bertz CT molecular complexity index is 774. The lowest BCUT2D eigenvalue weighted by Crippen LogP contribution is -2.39. The van der Waals surface area contributed by atoms with Crippen LogP contribution in [0, 0.1) is 5.82 Å². The van der Waals surface area contributed by atoms with E-state index in [0.29, 0.717) is 21.7 Å². The maximum Gasteiger partial charge on any atom is 0.387 e. The Hall–Kier alpha value is -1.97. The van der Waals surface area contributed by atoms with Gasteiger partial charge in [-0.3, -0.25) is 0 Å². The maximum atomic E-state index is 14.0. The van der Waals surface area contributed by atoms with Crippen LogP contribution in [0.1, 0.15) is 23.5 Å². The first-order chi connectivity index (χ1) is 12.9. The average molecular weight is 422 g/mol. The van der Waals surface area contributed by atoms with Crippen LogP contribution in [-0.4, -0.2) is 30.8 Å². The maximum absolute atomic E-state index is 14.0. The lowest BCUT2D eigenvalue weighted by molar-refractivity contribution is -0.0506. The molecule has 0 aliphatic carbocycles. The molecule has 0 aliphatic heterocycles. The standard InChI is InChI=1S/C17H19ClF3N3O2S/c1-2-22-17(24-9-12(25)14-6-7-15(18)27-14)23-8-10-11(19)4-3-5-13(10)26-16(20)21/h3-7,12,16,25H,2,8-9H2,1H3,(H2,22,23,24). The molecule has 0 saturated carbocycles. The summed E-state index contributed by atoms with van der Waals surface area (Å²) < 4.78 is 43.9. The molecule has 0 radical (unpaired) electrons. The van der Waals surface area contributed by atoms with Gasteiger partial charge in [-0.2, -0.15) is 8.78 Å². The average Bonchev–Trinajstić information content (AvgIpc) is 3.04. The van der Waals surface area contributed by atoms with E-state index in [9.17, 15) is 18.3 Å². The minimum atomic E-state index is -3.06. The summed E-state index contributed by atoms with van der Waals surface area (Å²) >= 11 is 7.11. The van der Waals surface area contributed by atoms with E-state index in [1.165, 1.54) is 23.5 Å². The third-order valence-electron chi connectivity index (χ3n) is 3.42. The molecule has 148 valence electrons. The number of hydrogen-bond donors (Lipinski definition) is 3. The van der Waals surface area contributed by atoms with E-state index in [1.807, 2.05) is 6.92 Å². The number of halogens is 4. The Labute approximate surface area is 163 Å². The molecule has 1 aromatic heterocycles. The Kier molecular flexibility index (Phi) is 8.21. The van der Waals surface area contributed by atoms with Crippen molar-refractivity contribution in [3.8, 4) is 5.75 Å². The number of alkyl halides is 2. The van der Waals surface area contributed by atoms with Crippen LogP contribution < -0.4 is 15.4 Å². The molecule has 0 amide bonds. The minimum Gasteiger partial charge on any atom is -0.434 e. The molecular weight excluding hydrogens is 403 g/mol. The van der Waals surface area contributed by atoms with Gasteiger partial charge in [0.25, 0.3) is 0 Å². The number of guanidine groups is 1. The number of rotatable bonds is 8. The van der Waals surface area contributed by atoms with Gasteiger partial charge < -0.3 is 20.5 Å². The zero-order valence-electron chi connectivity index (χ0n) is 14.4. The van der Waals surface area contributed by atoms with E-state index in [4.69, 9.17) is 11.6 Å². The molecule has 0 spiro atoms. The zero-order valence-corrected chi connectivity index (χ0v) is 16.0. The number of hydrogen-bond acceptors (Lipinski definition) is 4. The second kappa shape index (κ2) is 10.4. The van der Waals surface area contributed by atoms with Crippen LogP contribution in [0.15, 0.2) is 35.3 Å². The first-order valence-electron chi connectivity index (χ1n) is 8.08. The van der Waals surface area contributed by atoms with Crippen LogP contribution in [-0.2, 0) is 6.54 Å². The molecule has 0 bridgehead atoms. The predicted molar refractivity (Wildman–Crippen MR) is 100 cm³/mol. The van der Waals surface area contributed by atoms with Gasteiger partial charge in [0.1, 0.15) is 17.7 Å². The van der Waals surface area contributed by atoms with Crippen molar-refractivity contribution in [3.05, 3.63) is 50.9 Å². The topological polar surface area (TPSA) is 65.9 Å². The SMILES string of the molecule is CCNC(=NCc1c(F)cccc1OC(F)F)NCC(O)c1ccc(Cl)s1. The van der Waals surface area contributed by atoms with Crippen molar-refractivity contribution in [2.75, 3.05) is 13.1 Å².